The summed E-state index contributed by atoms with van der Waals surface area (Å²) in [5.41, 5.74) is 8.56. The predicted molar refractivity (Wildman–Crippen MR) is 131 cm³/mol. The van der Waals surface area contributed by atoms with Crippen LogP contribution in [-0.2, 0) is 25.5 Å². The average Bonchev–Trinajstić information content (AvgIpc) is 2.83. The molecule has 9 heteroatoms. The van der Waals surface area contributed by atoms with Crippen LogP contribution in [0.15, 0.2) is 74.1 Å². The van der Waals surface area contributed by atoms with Crippen molar-refractivity contribution in [2.24, 2.45) is 5.73 Å². The van der Waals surface area contributed by atoms with Gasteiger partial charge in [-0.25, -0.2) is 9.59 Å². The Morgan fingerprint density at radius 3 is 2.15 bits per heavy atom. The Morgan fingerprint density at radius 1 is 1.09 bits per heavy atom. The second-order valence-corrected chi connectivity index (χ2v) is 8.81. The molecule has 0 spiro atoms. The molecule has 1 atom stereocenters. The lowest BCUT2D eigenvalue weighted by molar-refractivity contribution is -0.139. The first-order valence-electron chi connectivity index (χ1n) is 9.94. The molecule has 0 radical (unpaired) electrons. The lowest BCUT2D eigenvalue weighted by Crippen LogP contribution is -2.41. The van der Waals surface area contributed by atoms with Gasteiger partial charge < -0.3 is 15.2 Å². The van der Waals surface area contributed by atoms with Gasteiger partial charge in [-0.05, 0) is 61.5 Å². The normalized spacial score (nSPS) is 15.9. The molecule has 0 aliphatic carbocycles. The Balaban J connectivity index is 2.46. The number of ether oxygens (including phenoxy) is 2. The second kappa shape index (κ2) is 10.2. The molecule has 170 valence electrons. The van der Waals surface area contributed by atoms with Gasteiger partial charge in [-0.3, -0.25) is 4.90 Å². The quantitative estimate of drug-likeness (QED) is 0.517. The largest absolute Gasteiger partial charge is 0.466 e. The molecule has 1 unspecified atom stereocenters. The zero-order chi connectivity index (χ0) is 24.3. The van der Waals surface area contributed by atoms with Crippen molar-refractivity contribution in [3.05, 3.63) is 85.2 Å². The van der Waals surface area contributed by atoms with Crippen molar-refractivity contribution < 1.29 is 19.1 Å². The third kappa shape index (κ3) is 4.41. The van der Waals surface area contributed by atoms with E-state index in [1.165, 1.54) is 19.1 Å². The highest BCUT2D eigenvalue weighted by atomic mass is 79.9. The number of halogens is 2. The van der Waals surface area contributed by atoms with Gasteiger partial charge in [-0.2, -0.15) is 5.26 Å². The number of nitrogens with zero attached hydrogens (tertiary/aromatic N) is 2. The molecule has 0 fully saturated rings. The van der Waals surface area contributed by atoms with E-state index in [0.29, 0.717) is 20.2 Å². The summed E-state index contributed by atoms with van der Waals surface area (Å²) in [6.07, 6.45) is 0.773. The van der Waals surface area contributed by atoms with Crippen molar-refractivity contribution >= 4 is 49.5 Å². The Hall–Kier alpha value is -3.09. The van der Waals surface area contributed by atoms with Crippen LogP contribution in [0.2, 0.25) is 0 Å². The minimum absolute atomic E-state index is 0.00468. The fraction of sp³-hybridized carbons (Fsp3) is 0.208. The summed E-state index contributed by atoms with van der Waals surface area (Å²) < 4.78 is 11.3. The topological polar surface area (TPSA) is 106 Å². The van der Waals surface area contributed by atoms with Gasteiger partial charge >= 0.3 is 11.9 Å². The number of nitriles is 1. The lowest BCUT2D eigenvalue weighted by Gasteiger charge is -2.36. The number of anilines is 1. The van der Waals surface area contributed by atoms with E-state index in [4.69, 9.17) is 15.2 Å². The van der Waals surface area contributed by atoms with E-state index in [2.05, 4.69) is 37.9 Å². The minimum atomic E-state index is -0.915. The van der Waals surface area contributed by atoms with Crippen LogP contribution >= 0.6 is 31.9 Å². The molecule has 7 nitrogen and oxygen atoms in total. The molecule has 0 aromatic heterocycles. The molecule has 0 bridgehead atoms. The van der Waals surface area contributed by atoms with Crippen LogP contribution in [0.25, 0.3) is 0 Å². The number of hydrogen-bond donors (Lipinski definition) is 1. The highest BCUT2D eigenvalue weighted by Crippen LogP contribution is 2.47. The summed E-state index contributed by atoms with van der Waals surface area (Å²) in [6, 6.07) is 14.8. The fourth-order valence-electron chi connectivity index (χ4n) is 3.78. The van der Waals surface area contributed by atoms with Gasteiger partial charge in [-0.15, -0.1) is 0 Å². The zero-order valence-electron chi connectivity index (χ0n) is 18.2. The zero-order valence-corrected chi connectivity index (χ0v) is 21.4. The molecule has 0 saturated heterocycles. The molecule has 2 aromatic carbocycles. The molecular formula is C24H21Br2N3O4. The van der Waals surface area contributed by atoms with Crippen LogP contribution in [0.4, 0.5) is 5.69 Å². The van der Waals surface area contributed by atoms with E-state index in [1.54, 1.807) is 24.3 Å². The van der Waals surface area contributed by atoms with Crippen molar-refractivity contribution in [2.75, 3.05) is 19.1 Å². The maximum Gasteiger partial charge on any atom is 0.355 e. The van der Waals surface area contributed by atoms with Crippen LogP contribution in [0.1, 0.15) is 24.0 Å². The molecule has 2 N–H and O–H groups in total. The molecule has 3 rings (SSSR count). The van der Waals surface area contributed by atoms with E-state index in [1.807, 2.05) is 25.1 Å². The van der Waals surface area contributed by atoms with Crippen molar-refractivity contribution in [3.8, 4) is 6.07 Å². The third-order valence-electron chi connectivity index (χ3n) is 5.32. The van der Waals surface area contributed by atoms with Crippen LogP contribution in [0.5, 0.6) is 0 Å². The Morgan fingerprint density at radius 2 is 1.67 bits per heavy atom. The first-order chi connectivity index (χ1) is 15.8. The van der Waals surface area contributed by atoms with Gasteiger partial charge in [0, 0.05) is 8.95 Å². The number of nitrogens with two attached hydrogens (primary N) is 1. The fourth-order valence-corrected chi connectivity index (χ4v) is 5.42. The SMILES string of the molecule is CCc1cc(Br)c(N2C(N)=C(C#N)C(c3ccccc3)C(C(=O)OC)=C2C(=O)OC)c(Br)c1. The van der Waals surface area contributed by atoms with Crippen LogP contribution in [0.3, 0.4) is 0 Å². The molecule has 0 amide bonds. The highest BCUT2D eigenvalue weighted by Gasteiger charge is 2.43. The van der Waals surface area contributed by atoms with Gasteiger partial charge in [-0.1, -0.05) is 37.3 Å². The van der Waals surface area contributed by atoms with E-state index in [9.17, 15) is 14.9 Å². The number of methoxy groups -OCH3 is 2. The van der Waals surface area contributed by atoms with Crippen molar-refractivity contribution in [1.82, 2.24) is 0 Å². The van der Waals surface area contributed by atoms with Crippen LogP contribution < -0.4 is 10.6 Å². The van der Waals surface area contributed by atoms with Crippen LogP contribution in [0, 0.1) is 11.3 Å². The van der Waals surface area contributed by atoms with Gasteiger partial charge in [0.05, 0.1) is 43.0 Å². The molecular weight excluding hydrogens is 554 g/mol. The number of carbonyl (C=O) groups is 2. The predicted octanol–water partition coefficient (Wildman–Crippen LogP) is 4.67. The summed E-state index contributed by atoms with van der Waals surface area (Å²) in [5.74, 6) is -2.48. The van der Waals surface area contributed by atoms with Crippen molar-refractivity contribution in [1.29, 1.82) is 5.26 Å². The average molecular weight is 575 g/mol. The van der Waals surface area contributed by atoms with Crippen molar-refractivity contribution in [3.63, 3.8) is 0 Å². The summed E-state index contributed by atoms with van der Waals surface area (Å²) >= 11 is 7.11. The lowest BCUT2D eigenvalue weighted by atomic mass is 9.81. The van der Waals surface area contributed by atoms with Gasteiger partial charge in [0.2, 0.25) is 0 Å². The minimum Gasteiger partial charge on any atom is -0.466 e. The maximum atomic E-state index is 13.1. The van der Waals surface area contributed by atoms with E-state index in [-0.39, 0.29) is 22.7 Å². The Bertz CT molecular complexity index is 1190. The second-order valence-electron chi connectivity index (χ2n) is 7.10. The third-order valence-corrected chi connectivity index (χ3v) is 6.53. The first kappa shape index (κ1) is 24.6. The number of benzene rings is 2. The van der Waals surface area contributed by atoms with E-state index >= 15 is 0 Å². The molecule has 1 heterocycles. The number of carbonyl (C=O) groups excluding carboxylic acids is 2. The monoisotopic (exact) mass is 573 g/mol. The smallest absolute Gasteiger partial charge is 0.355 e. The molecule has 1 aliphatic rings. The Kier molecular flexibility index (Phi) is 7.61. The standard InChI is InChI=1S/C24H21Br2N3O4/c1-4-13-10-16(25)20(17(26)11-13)29-21(24(31)33-3)19(23(30)32-2)18(15(12-27)22(29)28)14-8-6-5-7-9-14/h5-11,18H,4,28H2,1-3H3. The maximum absolute atomic E-state index is 13.1. The number of esters is 2. The van der Waals surface area contributed by atoms with Gasteiger partial charge in [0.15, 0.2) is 0 Å². The van der Waals surface area contributed by atoms with E-state index in [0.717, 1.165) is 12.0 Å². The number of hydrogen-bond acceptors (Lipinski definition) is 7. The Labute approximate surface area is 208 Å². The van der Waals surface area contributed by atoms with Gasteiger partial charge in [0.25, 0.3) is 0 Å². The molecule has 33 heavy (non-hydrogen) atoms. The van der Waals surface area contributed by atoms with Crippen molar-refractivity contribution in [2.45, 2.75) is 19.3 Å². The van der Waals surface area contributed by atoms with Crippen LogP contribution in [-0.4, -0.2) is 26.2 Å². The summed E-state index contributed by atoms with van der Waals surface area (Å²) in [5, 5.41) is 10.1. The first-order valence-corrected chi connectivity index (χ1v) is 11.5. The number of rotatable bonds is 5. The highest BCUT2D eigenvalue weighted by molar-refractivity contribution is 9.11. The number of allylic oxidation sites excluding steroid dienone is 1. The summed E-state index contributed by atoms with van der Waals surface area (Å²) in [4.78, 5) is 27.6. The molecule has 1 aliphatic heterocycles. The molecule has 2 aromatic rings. The number of aryl methyl sites for hydroxylation is 1. The summed E-state index contributed by atoms with van der Waals surface area (Å²) in [7, 11) is 2.43. The van der Waals surface area contributed by atoms with E-state index < -0.39 is 17.9 Å². The summed E-state index contributed by atoms with van der Waals surface area (Å²) in [6.45, 7) is 2.01. The molecule has 0 saturated carbocycles. The van der Waals surface area contributed by atoms with Gasteiger partial charge in [0.1, 0.15) is 11.5 Å².